The number of hydrogen-bond acceptors (Lipinski definition) is 3. The molecule has 0 aromatic heterocycles. The molecular formula is C20H25NO3. The van der Waals surface area contributed by atoms with Crippen molar-refractivity contribution >= 4 is 5.97 Å². The molecule has 24 heavy (non-hydrogen) atoms. The van der Waals surface area contributed by atoms with Crippen LogP contribution in [0, 0.1) is 5.92 Å². The summed E-state index contributed by atoms with van der Waals surface area (Å²) in [4.78, 5) is 16.7. The number of carbonyl (C=O) groups is 1. The summed E-state index contributed by atoms with van der Waals surface area (Å²) in [5, 5.41) is 9.34. The van der Waals surface area contributed by atoms with E-state index in [0.717, 1.165) is 18.4 Å². The van der Waals surface area contributed by atoms with Crippen molar-refractivity contribution in [1.82, 2.24) is 5.48 Å². The molecule has 2 aromatic rings. The van der Waals surface area contributed by atoms with Crippen LogP contribution in [0.25, 0.3) is 0 Å². The lowest BCUT2D eigenvalue weighted by Crippen LogP contribution is -2.22. The zero-order valence-corrected chi connectivity index (χ0v) is 13.9. The second kappa shape index (κ2) is 10.6. The first kappa shape index (κ1) is 18.2. The van der Waals surface area contributed by atoms with E-state index in [9.17, 15) is 9.90 Å². The van der Waals surface area contributed by atoms with E-state index in [1.807, 2.05) is 48.5 Å². The number of rotatable bonds is 11. The van der Waals surface area contributed by atoms with E-state index in [0.29, 0.717) is 26.0 Å². The van der Waals surface area contributed by atoms with Crippen LogP contribution in [0.2, 0.25) is 0 Å². The lowest BCUT2D eigenvalue weighted by atomic mass is 9.97. The molecule has 0 aliphatic carbocycles. The zero-order valence-electron chi connectivity index (χ0n) is 13.9. The molecule has 0 unspecified atom stereocenters. The van der Waals surface area contributed by atoms with Gasteiger partial charge in [0.2, 0.25) is 0 Å². The fourth-order valence-electron chi connectivity index (χ4n) is 2.60. The molecule has 0 saturated heterocycles. The maximum atomic E-state index is 11.4. The summed E-state index contributed by atoms with van der Waals surface area (Å²) in [6, 6.07) is 20.0. The predicted octanol–water partition coefficient (Wildman–Crippen LogP) is 3.82. The molecule has 0 aliphatic rings. The minimum Gasteiger partial charge on any atom is -0.481 e. The lowest BCUT2D eigenvalue weighted by molar-refractivity contribution is -0.142. The molecular weight excluding hydrogens is 302 g/mol. The van der Waals surface area contributed by atoms with Gasteiger partial charge in [0, 0.05) is 6.54 Å². The Morgan fingerprint density at radius 2 is 1.58 bits per heavy atom. The Balaban J connectivity index is 1.61. The third-order valence-corrected chi connectivity index (χ3v) is 3.99. The number of carboxylic acid groups (broad SMARTS) is 1. The molecule has 0 fully saturated rings. The highest BCUT2D eigenvalue weighted by molar-refractivity contribution is 5.69. The van der Waals surface area contributed by atoms with Crippen molar-refractivity contribution in [2.24, 2.45) is 5.92 Å². The van der Waals surface area contributed by atoms with E-state index >= 15 is 0 Å². The van der Waals surface area contributed by atoms with Crippen LogP contribution < -0.4 is 5.48 Å². The van der Waals surface area contributed by atoms with Crippen LogP contribution >= 0.6 is 0 Å². The fraction of sp³-hybridized carbons (Fsp3) is 0.350. The Morgan fingerprint density at radius 3 is 2.21 bits per heavy atom. The number of hydrogen-bond donors (Lipinski definition) is 2. The Kier molecular flexibility index (Phi) is 8.01. The summed E-state index contributed by atoms with van der Waals surface area (Å²) >= 11 is 0. The molecule has 4 heteroatoms. The number of benzene rings is 2. The second-order valence-corrected chi connectivity index (χ2v) is 5.87. The molecule has 0 bridgehead atoms. The highest BCUT2D eigenvalue weighted by Crippen LogP contribution is 2.14. The molecule has 1 atom stereocenters. The highest BCUT2D eigenvalue weighted by Gasteiger charge is 2.16. The van der Waals surface area contributed by atoms with Gasteiger partial charge >= 0.3 is 5.97 Å². The number of aliphatic carboxylic acids is 1. The minimum atomic E-state index is -0.729. The third-order valence-electron chi connectivity index (χ3n) is 3.99. The molecule has 0 aliphatic heterocycles. The van der Waals surface area contributed by atoms with Gasteiger partial charge in [-0.05, 0) is 36.8 Å². The quantitative estimate of drug-likeness (QED) is 0.486. The lowest BCUT2D eigenvalue weighted by Gasteiger charge is -2.13. The van der Waals surface area contributed by atoms with Crippen LogP contribution in [-0.2, 0) is 22.7 Å². The average Bonchev–Trinajstić information content (AvgIpc) is 2.61. The van der Waals surface area contributed by atoms with E-state index < -0.39 is 5.97 Å². The predicted molar refractivity (Wildman–Crippen MR) is 94.4 cm³/mol. The van der Waals surface area contributed by atoms with Crippen molar-refractivity contribution < 1.29 is 14.7 Å². The average molecular weight is 327 g/mol. The molecule has 0 saturated carbocycles. The van der Waals surface area contributed by atoms with Crippen molar-refractivity contribution in [3.63, 3.8) is 0 Å². The van der Waals surface area contributed by atoms with Gasteiger partial charge < -0.3 is 5.11 Å². The van der Waals surface area contributed by atoms with Gasteiger partial charge in [-0.15, -0.1) is 0 Å². The molecule has 2 N–H and O–H groups in total. The Morgan fingerprint density at radius 1 is 0.958 bits per heavy atom. The van der Waals surface area contributed by atoms with Crippen molar-refractivity contribution in [2.45, 2.75) is 32.3 Å². The van der Waals surface area contributed by atoms with Crippen molar-refractivity contribution in [1.29, 1.82) is 0 Å². The van der Waals surface area contributed by atoms with E-state index in [1.54, 1.807) is 0 Å². The van der Waals surface area contributed by atoms with Gasteiger partial charge in [-0.1, -0.05) is 60.7 Å². The Bertz CT molecular complexity index is 586. The van der Waals surface area contributed by atoms with E-state index in [-0.39, 0.29) is 5.92 Å². The van der Waals surface area contributed by atoms with Crippen LogP contribution in [-0.4, -0.2) is 17.6 Å². The first-order valence-electron chi connectivity index (χ1n) is 8.41. The maximum Gasteiger partial charge on any atom is 0.306 e. The van der Waals surface area contributed by atoms with Gasteiger partial charge in [-0.3, -0.25) is 9.63 Å². The molecule has 2 rings (SSSR count). The van der Waals surface area contributed by atoms with Crippen molar-refractivity contribution in [3.8, 4) is 0 Å². The zero-order chi connectivity index (χ0) is 17.0. The molecule has 0 heterocycles. The van der Waals surface area contributed by atoms with Gasteiger partial charge in [0.25, 0.3) is 0 Å². The van der Waals surface area contributed by atoms with Crippen LogP contribution in [0.1, 0.15) is 30.4 Å². The summed E-state index contributed by atoms with van der Waals surface area (Å²) in [6.07, 6.45) is 3.05. The molecule has 0 spiro atoms. The van der Waals surface area contributed by atoms with Crippen LogP contribution in [0.3, 0.4) is 0 Å². The first-order valence-corrected chi connectivity index (χ1v) is 8.41. The summed E-state index contributed by atoms with van der Waals surface area (Å²) < 4.78 is 0. The van der Waals surface area contributed by atoms with Crippen molar-refractivity contribution in [3.05, 3.63) is 71.8 Å². The summed E-state index contributed by atoms with van der Waals surface area (Å²) in [6.45, 7) is 1.02. The summed E-state index contributed by atoms with van der Waals surface area (Å²) in [5.41, 5.74) is 5.21. The molecule has 128 valence electrons. The molecule has 0 amide bonds. The largest absolute Gasteiger partial charge is 0.481 e. The van der Waals surface area contributed by atoms with Gasteiger partial charge in [-0.2, -0.15) is 0 Å². The standard InChI is InChI=1S/C20H25NO3/c22-20(23)19(13-7-12-17-8-3-1-4-9-17)14-15-21-24-16-18-10-5-2-6-11-18/h1-6,8-11,19,21H,7,12-16H2,(H,22,23)/t19-/m1/s1. The molecule has 0 radical (unpaired) electrons. The van der Waals surface area contributed by atoms with Gasteiger partial charge in [-0.25, -0.2) is 5.48 Å². The van der Waals surface area contributed by atoms with Crippen LogP contribution in [0.4, 0.5) is 0 Å². The number of carboxylic acids is 1. The Hall–Kier alpha value is -2.17. The second-order valence-electron chi connectivity index (χ2n) is 5.87. The van der Waals surface area contributed by atoms with Gasteiger partial charge in [0.05, 0.1) is 12.5 Å². The summed E-state index contributed by atoms with van der Waals surface area (Å²) in [7, 11) is 0. The number of nitrogens with one attached hydrogen (secondary N) is 1. The SMILES string of the molecule is O=C(O)[C@H](CCCc1ccccc1)CCNOCc1ccccc1. The third kappa shape index (κ3) is 6.94. The number of aryl methyl sites for hydroxylation is 1. The molecule has 4 nitrogen and oxygen atoms in total. The highest BCUT2D eigenvalue weighted by atomic mass is 16.6. The normalized spacial score (nSPS) is 12.0. The smallest absolute Gasteiger partial charge is 0.306 e. The Labute approximate surface area is 143 Å². The van der Waals surface area contributed by atoms with E-state index in [2.05, 4.69) is 17.6 Å². The maximum absolute atomic E-state index is 11.4. The van der Waals surface area contributed by atoms with Crippen molar-refractivity contribution in [2.75, 3.05) is 6.54 Å². The minimum absolute atomic E-state index is 0.332. The molecule has 2 aromatic carbocycles. The fourth-order valence-corrected chi connectivity index (χ4v) is 2.60. The van der Waals surface area contributed by atoms with Gasteiger partial charge in [0.1, 0.15) is 0 Å². The van der Waals surface area contributed by atoms with E-state index in [4.69, 9.17) is 4.84 Å². The van der Waals surface area contributed by atoms with E-state index in [1.165, 1.54) is 5.56 Å². The number of hydroxylamine groups is 1. The van der Waals surface area contributed by atoms with Gasteiger partial charge in [0.15, 0.2) is 0 Å². The van der Waals surface area contributed by atoms with Crippen LogP contribution in [0.15, 0.2) is 60.7 Å². The summed E-state index contributed by atoms with van der Waals surface area (Å²) in [5.74, 6) is -1.06. The topological polar surface area (TPSA) is 58.6 Å². The van der Waals surface area contributed by atoms with Crippen LogP contribution in [0.5, 0.6) is 0 Å². The monoisotopic (exact) mass is 327 g/mol. The first-order chi connectivity index (χ1) is 11.8.